The summed E-state index contributed by atoms with van der Waals surface area (Å²) in [5, 5.41) is 0.410. The molecule has 1 aromatic carbocycles. The fourth-order valence-electron chi connectivity index (χ4n) is 0.775. The van der Waals surface area contributed by atoms with Crippen molar-refractivity contribution in [3.05, 3.63) is 22.7 Å². The van der Waals surface area contributed by atoms with Crippen molar-refractivity contribution < 1.29 is 8.76 Å². The van der Waals surface area contributed by atoms with Gasteiger partial charge in [0.25, 0.3) is 0 Å². The van der Waals surface area contributed by atoms with Crippen molar-refractivity contribution in [3.8, 4) is 0 Å². The third kappa shape index (κ3) is 1.77. The first-order valence-corrected chi connectivity index (χ1v) is 4.67. The van der Waals surface area contributed by atoms with Crippen molar-refractivity contribution in [2.24, 2.45) is 0 Å². The largest absolute Gasteiger partial charge is 0.398 e. The molecule has 3 nitrogen and oxygen atoms in total. The minimum atomic E-state index is -2.02. The summed E-state index contributed by atoms with van der Waals surface area (Å²) >= 11 is 3.72. The van der Waals surface area contributed by atoms with Crippen LogP contribution in [0.1, 0.15) is 5.56 Å². The van der Waals surface area contributed by atoms with Crippen molar-refractivity contribution in [2.45, 2.75) is 11.8 Å². The molecule has 3 N–H and O–H groups in total. The standard InChI is InChI=1S/C7H8ClNO2S/c1-4-6(8)2-5(12(10)11)3-7(4)9/h2-3H,9H2,1H3,(H,10,11). The first kappa shape index (κ1) is 9.51. The van der Waals surface area contributed by atoms with Crippen LogP contribution in [0.3, 0.4) is 0 Å². The molecular weight excluding hydrogens is 198 g/mol. The molecule has 0 bridgehead atoms. The van der Waals surface area contributed by atoms with Gasteiger partial charge in [0.1, 0.15) is 0 Å². The first-order chi connectivity index (χ1) is 5.52. The van der Waals surface area contributed by atoms with E-state index >= 15 is 0 Å². The van der Waals surface area contributed by atoms with E-state index < -0.39 is 11.1 Å². The Hall–Kier alpha value is -0.580. The molecule has 1 atom stereocenters. The van der Waals surface area contributed by atoms with Crippen LogP contribution in [0.5, 0.6) is 0 Å². The average Bonchev–Trinajstić information content (AvgIpc) is 1.99. The van der Waals surface area contributed by atoms with Crippen LogP contribution in [-0.2, 0) is 11.1 Å². The van der Waals surface area contributed by atoms with Crippen LogP contribution in [0, 0.1) is 6.92 Å². The van der Waals surface area contributed by atoms with Gasteiger partial charge in [-0.15, -0.1) is 0 Å². The Kier molecular flexibility index (Phi) is 2.72. The highest BCUT2D eigenvalue weighted by atomic mass is 35.5. The van der Waals surface area contributed by atoms with Crippen LogP contribution in [0.4, 0.5) is 5.69 Å². The second-order valence-corrected chi connectivity index (χ2v) is 3.75. The molecule has 0 amide bonds. The molecule has 1 unspecified atom stereocenters. The maximum atomic E-state index is 10.6. The molecule has 0 saturated carbocycles. The van der Waals surface area contributed by atoms with Gasteiger partial charge in [0.15, 0.2) is 11.1 Å². The normalized spacial score (nSPS) is 12.9. The summed E-state index contributed by atoms with van der Waals surface area (Å²) < 4.78 is 19.3. The molecule has 0 radical (unpaired) electrons. The molecule has 1 aromatic rings. The van der Waals surface area contributed by atoms with E-state index in [2.05, 4.69) is 0 Å². The highest BCUT2D eigenvalue weighted by Gasteiger charge is 2.06. The molecular formula is C7H8ClNO2S. The van der Waals surface area contributed by atoms with Crippen LogP contribution in [-0.4, -0.2) is 8.76 Å². The summed E-state index contributed by atoms with van der Waals surface area (Å²) in [6, 6.07) is 2.88. The zero-order chi connectivity index (χ0) is 9.30. The van der Waals surface area contributed by atoms with Gasteiger partial charge in [-0.25, -0.2) is 4.21 Å². The van der Waals surface area contributed by atoms with Crippen molar-refractivity contribution >= 4 is 28.4 Å². The quantitative estimate of drug-likeness (QED) is 0.543. The predicted molar refractivity (Wildman–Crippen MR) is 49.6 cm³/mol. The number of halogens is 1. The molecule has 5 heteroatoms. The zero-order valence-electron chi connectivity index (χ0n) is 6.37. The van der Waals surface area contributed by atoms with Crippen LogP contribution in [0.25, 0.3) is 0 Å². The molecule has 66 valence electrons. The molecule has 0 aliphatic rings. The summed E-state index contributed by atoms with van der Waals surface area (Å²) in [6.07, 6.45) is 0. The smallest absolute Gasteiger partial charge is 0.186 e. The SMILES string of the molecule is Cc1c(N)cc(S(=O)O)cc1Cl. The summed E-state index contributed by atoms with van der Waals surface area (Å²) in [6.45, 7) is 1.75. The fourth-order valence-corrected chi connectivity index (χ4v) is 1.51. The molecule has 0 aromatic heterocycles. The second kappa shape index (κ2) is 3.43. The van der Waals surface area contributed by atoms with E-state index in [1.54, 1.807) is 6.92 Å². The lowest BCUT2D eigenvalue weighted by atomic mass is 10.2. The average molecular weight is 206 g/mol. The van der Waals surface area contributed by atoms with Gasteiger partial charge in [-0.3, -0.25) is 0 Å². The summed E-state index contributed by atoms with van der Waals surface area (Å²) in [4.78, 5) is 0.225. The number of hydrogen-bond acceptors (Lipinski definition) is 2. The molecule has 0 aliphatic heterocycles. The van der Waals surface area contributed by atoms with Gasteiger partial charge in [0.2, 0.25) is 0 Å². The van der Waals surface area contributed by atoms with Crippen molar-refractivity contribution in [3.63, 3.8) is 0 Å². The van der Waals surface area contributed by atoms with Gasteiger partial charge in [-0.05, 0) is 24.6 Å². The highest BCUT2D eigenvalue weighted by molar-refractivity contribution is 7.79. The number of hydrogen-bond donors (Lipinski definition) is 2. The van der Waals surface area contributed by atoms with E-state index in [9.17, 15) is 4.21 Å². The van der Waals surface area contributed by atoms with Crippen LogP contribution in [0.2, 0.25) is 5.02 Å². The van der Waals surface area contributed by atoms with Gasteiger partial charge >= 0.3 is 0 Å². The van der Waals surface area contributed by atoms with E-state index in [4.69, 9.17) is 21.9 Å². The lowest BCUT2D eigenvalue weighted by molar-refractivity contribution is 0.564. The topological polar surface area (TPSA) is 63.3 Å². The van der Waals surface area contributed by atoms with Crippen LogP contribution < -0.4 is 5.73 Å². The van der Waals surface area contributed by atoms with Crippen molar-refractivity contribution in [1.29, 1.82) is 0 Å². The Morgan fingerprint density at radius 2 is 2.17 bits per heavy atom. The molecule has 0 fully saturated rings. The van der Waals surface area contributed by atoms with E-state index in [-0.39, 0.29) is 4.90 Å². The van der Waals surface area contributed by atoms with Gasteiger partial charge in [0.05, 0.1) is 4.90 Å². The Balaban J connectivity index is 3.31. The minimum Gasteiger partial charge on any atom is -0.398 e. The third-order valence-electron chi connectivity index (χ3n) is 1.56. The molecule has 12 heavy (non-hydrogen) atoms. The third-order valence-corrected chi connectivity index (χ3v) is 2.59. The summed E-state index contributed by atoms with van der Waals surface area (Å²) in [5.41, 5.74) is 6.69. The Labute approximate surface area is 77.8 Å². The minimum absolute atomic E-state index is 0.225. The highest BCUT2D eigenvalue weighted by Crippen LogP contribution is 2.24. The summed E-state index contributed by atoms with van der Waals surface area (Å²) in [5.74, 6) is 0. The van der Waals surface area contributed by atoms with E-state index in [0.717, 1.165) is 5.56 Å². The Morgan fingerprint density at radius 1 is 1.58 bits per heavy atom. The van der Waals surface area contributed by atoms with Crippen LogP contribution in [0.15, 0.2) is 17.0 Å². The second-order valence-electron chi connectivity index (χ2n) is 2.37. The first-order valence-electron chi connectivity index (χ1n) is 3.19. The van der Waals surface area contributed by atoms with Gasteiger partial charge in [-0.2, -0.15) is 0 Å². The van der Waals surface area contributed by atoms with Gasteiger partial charge < -0.3 is 10.3 Å². The monoisotopic (exact) mass is 205 g/mol. The number of anilines is 1. The number of nitrogens with two attached hydrogens (primary N) is 1. The van der Waals surface area contributed by atoms with Crippen molar-refractivity contribution in [2.75, 3.05) is 5.73 Å². The Morgan fingerprint density at radius 3 is 2.58 bits per heavy atom. The fraction of sp³-hybridized carbons (Fsp3) is 0.143. The number of benzene rings is 1. The number of nitrogen functional groups attached to an aromatic ring is 1. The van der Waals surface area contributed by atoms with E-state index in [1.807, 2.05) is 0 Å². The van der Waals surface area contributed by atoms with Crippen molar-refractivity contribution in [1.82, 2.24) is 0 Å². The summed E-state index contributed by atoms with van der Waals surface area (Å²) in [7, 11) is 0. The molecule has 0 spiro atoms. The van der Waals surface area contributed by atoms with Gasteiger partial charge in [0, 0.05) is 10.7 Å². The lowest BCUT2D eigenvalue weighted by Gasteiger charge is -2.03. The molecule has 1 rings (SSSR count). The van der Waals surface area contributed by atoms with Gasteiger partial charge in [-0.1, -0.05) is 11.6 Å². The maximum absolute atomic E-state index is 10.6. The lowest BCUT2D eigenvalue weighted by Crippen LogP contribution is -1.95. The van der Waals surface area contributed by atoms with E-state index in [0.29, 0.717) is 10.7 Å². The molecule has 0 saturated heterocycles. The van der Waals surface area contributed by atoms with Crippen LogP contribution >= 0.6 is 11.6 Å². The predicted octanol–water partition coefficient (Wildman–Crippen LogP) is 1.81. The Bertz CT molecular complexity index is 317. The zero-order valence-corrected chi connectivity index (χ0v) is 7.95. The number of rotatable bonds is 1. The maximum Gasteiger partial charge on any atom is 0.186 e. The molecule has 0 heterocycles. The molecule has 0 aliphatic carbocycles. The van der Waals surface area contributed by atoms with E-state index in [1.165, 1.54) is 12.1 Å².